The van der Waals surface area contributed by atoms with E-state index in [2.05, 4.69) is 5.32 Å². The van der Waals surface area contributed by atoms with Crippen LogP contribution in [0.3, 0.4) is 0 Å². The molecule has 40 heteroatoms. The van der Waals surface area contributed by atoms with Crippen molar-refractivity contribution in [2.24, 2.45) is 99.3 Å². The summed E-state index contributed by atoms with van der Waals surface area (Å²) in [5.74, 6) is -4.48. The van der Waals surface area contributed by atoms with Crippen LogP contribution in [0.25, 0.3) is 0 Å². The van der Waals surface area contributed by atoms with E-state index in [1.165, 1.54) is 26.5 Å². The van der Waals surface area contributed by atoms with Gasteiger partial charge in [0.25, 0.3) is 0 Å². The van der Waals surface area contributed by atoms with Crippen molar-refractivity contribution in [1.29, 1.82) is 0 Å². The van der Waals surface area contributed by atoms with Crippen LogP contribution in [-0.2, 0) is 81.5 Å². The Kier molecular flexibility index (Phi) is 70.6. The maximum Gasteiger partial charge on any atom is 0.239 e. The number of nitrogens with two attached hydrogens (primary N) is 7. The second kappa shape index (κ2) is 75.5. The standard InChI is InChI=1S/C103H197N23O17/c1-76(2)66-117(86(21)127)51-30-98(138)118(67-77(3)4)53-32-90(130)113(62-42-106)47-26-94(134)124(73-83(15)16)58-37-100(140)120(69-79(7)8)55-34-92(132)115(64-44-108)49-28-96(136)126(75-85(19)20)60-39-102(142)122(71-81(11)12)56-35-93(133)116(65-45-109)50-29-97(137)125(74-84(17)18)59-38-101(141)121(70-80(9)10)54-33-91(131)114(63-43-107)48-27-95(135)123(72-82(13)14)57-36-99(139)119(68-78(5)6)52-31-89(129)112(61-41-105)46-25-88(128)111-87(103(110)143)24-22-23-40-104/h76-85,87H,22-75,104-109H2,1-21H3,(H2,110,143)(H,111,128)/t87-/m0/s1. The molecule has 0 saturated carbocycles. The van der Waals surface area contributed by atoms with Crippen molar-refractivity contribution in [2.75, 3.05) is 236 Å². The Hall–Kier alpha value is -9.25. The summed E-state index contributed by atoms with van der Waals surface area (Å²) in [6.45, 7) is 47.4. The first-order valence-electron chi connectivity index (χ1n) is 53.2. The molecule has 0 fully saturated rings. The van der Waals surface area contributed by atoms with Gasteiger partial charge in [-0.1, -0.05) is 138 Å². The molecule has 0 radical (unpaired) electrons. The third-order valence-corrected chi connectivity index (χ3v) is 23.8. The van der Waals surface area contributed by atoms with Crippen LogP contribution < -0.4 is 45.5 Å². The lowest BCUT2D eigenvalue weighted by atomic mass is 10.1. The minimum atomic E-state index is -0.870. The lowest BCUT2D eigenvalue weighted by Crippen LogP contribution is -2.46. The van der Waals surface area contributed by atoms with Crippen LogP contribution in [0.1, 0.15) is 261 Å². The number of hydrogen-bond acceptors (Lipinski definition) is 23. The van der Waals surface area contributed by atoms with Crippen LogP contribution >= 0.6 is 0 Å². The zero-order valence-electron chi connectivity index (χ0n) is 92.2. The quantitative estimate of drug-likeness (QED) is 0.0402. The molecule has 0 rings (SSSR count). The molecule has 0 saturated heterocycles. The van der Waals surface area contributed by atoms with E-state index in [1.807, 2.05) is 138 Å². The molecular formula is C103H197N23O17. The lowest BCUT2D eigenvalue weighted by molar-refractivity contribution is -0.140. The SMILES string of the molecule is CC(=O)N(CCC(=O)N(CCC(=O)N(CCN)CCC(=O)N(CCC(=O)N(CCC(=O)N(CCN)CCC(=O)N(CCC(=O)N(CCC(=O)N(CCN)CCC(=O)N(CCC(=O)N(CCC(=O)N(CCN)CCC(=O)N(CCC(=O)N(CCC(=O)N(CCN)CCC(=O)N[C@@H](CCCCN)C(N)=O)CC(C)C)CC(C)C)CC(C)C)CC(C)C)CC(C)C)CC(C)C)CC(C)C)CC(C)C)CC(C)C)CC(C)C. The Morgan fingerprint density at radius 3 is 0.469 bits per heavy atom. The number of carbonyl (C=O) groups is 17. The molecule has 0 aromatic rings. The molecule has 40 nitrogen and oxygen atoms in total. The predicted molar refractivity (Wildman–Crippen MR) is 561 cm³/mol. The zero-order valence-corrected chi connectivity index (χ0v) is 92.2. The van der Waals surface area contributed by atoms with E-state index in [0.29, 0.717) is 91.3 Å². The Labute approximate surface area is 858 Å². The third kappa shape index (κ3) is 60.5. The van der Waals surface area contributed by atoms with Crippen molar-refractivity contribution in [3.8, 4) is 0 Å². The highest BCUT2D eigenvalue weighted by molar-refractivity contribution is 5.89. The van der Waals surface area contributed by atoms with Gasteiger partial charge in [0.15, 0.2) is 0 Å². The van der Waals surface area contributed by atoms with Gasteiger partial charge in [0.2, 0.25) is 100 Å². The summed E-state index contributed by atoms with van der Waals surface area (Å²) in [7, 11) is 0. The second-order valence-electron chi connectivity index (χ2n) is 42.4. The van der Waals surface area contributed by atoms with E-state index in [9.17, 15) is 81.5 Å². The Balaban J connectivity index is 6.21. The van der Waals surface area contributed by atoms with Crippen LogP contribution in [0.2, 0.25) is 0 Å². The van der Waals surface area contributed by atoms with Crippen LogP contribution in [0.5, 0.6) is 0 Å². The van der Waals surface area contributed by atoms with E-state index in [1.54, 1.807) is 53.9 Å². The Bertz CT molecular complexity index is 3740. The average molecular weight is 2030 g/mol. The first-order valence-corrected chi connectivity index (χ1v) is 53.2. The first-order chi connectivity index (χ1) is 67.3. The monoisotopic (exact) mass is 2030 g/mol. The largest absolute Gasteiger partial charge is 0.368 e. The van der Waals surface area contributed by atoms with Crippen molar-refractivity contribution < 1.29 is 81.5 Å². The van der Waals surface area contributed by atoms with Crippen molar-refractivity contribution in [3.05, 3.63) is 0 Å². The van der Waals surface area contributed by atoms with Gasteiger partial charge >= 0.3 is 0 Å². The summed E-state index contributed by atoms with van der Waals surface area (Å²) < 4.78 is 0. The molecular weight excluding hydrogens is 1830 g/mol. The predicted octanol–water partition coefficient (Wildman–Crippen LogP) is 3.74. The lowest BCUT2D eigenvalue weighted by Gasteiger charge is -2.31. The van der Waals surface area contributed by atoms with E-state index < -0.39 is 17.9 Å². The van der Waals surface area contributed by atoms with Gasteiger partial charge in [-0.15, -0.1) is 0 Å². The van der Waals surface area contributed by atoms with Gasteiger partial charge in [-0.25, -0.2) is 0 Å². The van der Waals surface area contributed by atoms with Crippen molar-refractivity contribution in [2.45, 2.75) is 267 Å². The van der Waals surface area contributed by atoms with E-state index in [-0.39, 0.29) is 408 Å². The van der Waals surface area contributed by atoms with Gasteiger partial charge in [0, 0.05) is 332 Å². The molecule has 0 aliphatic heterocycles. The molecule has 15 N–H and O–H groups in total. The van der Waals surface area contributed by atoms with Gasteiger partial charge in [-0.3, -0.25) is 81.5 Å². The molecule has 0 aromatic carbocycles. The molecule has 0 bridgehead atoms. The number of primary amides is 1. The van der Waals surface area contributed by atoms with E-state index >= 15 is 0 Å². The molecule has 0 spiro atoms. The molecule has 0 aromatic heterocycles. The number of nitrogens with zero attached hydrogens (tertiary/aromatic N) is 15. The van der Waals surface area contributed by atoms with Gasteiger partial charge in [-0.05, 0) is 85.0 Å². The van der Waals surface area contributed by atoms with E-state index in [0.717, 1.165) is 0 Å². The fraction of sp³-hybridized carbons (Fsp3) is 0.835. The number of unbranched alkanes of at least 4 members (excludes halogenated alkanes) is 1. The third-order valence-electron chi connectivity index (χ3n) is 23.8. The minimum Gasteiger partial charge on any atom is -0.368 e. The van der Waals surface area contributed by atoms with Crippen molar-refractivity contribution in [1.82, 2.24) is 78.8 Å². The summed E-state index contributed by atoms with van der Waals surface area (Å²) in [6, 6.07) is -0.870. The van der Waals surface area contributed by atoms with Crippen molar-refractivity contribution in [3.63, 3.8) is 0 Å². The van der Waals surface area contributed by atoms with Gasteiger partial charge in [-0.2, -0.15) is 0 Å². The molecule has 17 amide bonds. The van der Waals surface area contributed by atoms with Gasteiger partial charge < -0.3 is 119 Å². The van der Waals surface area contributed by atoms with Gasteiger partial charge in [0.05, 0.1) is 0 Å². The molecule has 0 heterocycles. The number of nitrogens with one attached hydrogen (secondary N) is 1. The summed E-state index contributed by atoms with van der Waals surface area (Å²) in [5, 5.41) is 2.65. The topological polar surface area (TPSA) is 533 Å². The molecule has 1 atom stereocenters. The summed E-state index contributed by atoms with van der Waals surface area (Å²) >= 11 is 0. The molecule has 0 aliphatic carbocycles. The first kappa shape index (κ1) is 134. The van der Waals surface area contributed by atoms with Crippen LogP contribution in [0, 0.1) is 59.2 Å². The molecule has 826 valence electrons. The van der Waals surface area contributed by atoms with Gasteiger partial charge in [0.1, 0.15) is 6.04 Å². The van der Waals surface area contributed by atoms with E-state index in [4.69, 9.17) is 40.1 Å². The molecule has 0 unspecified atom stereocenters. The van der Waals surface area contributed by atoms with Crippen LogP contribution in [-0.4, -0.2) is 416 Å². The maximum atomic E-state index is 14.4. The number of hydrogen-bond donors (Lipinski definition) is 8. The molecule has 0 aliphatic rings. The number of rotatable bonds is 81. The minimum absolute atomic E-state index is 0.00517. The highest BCUT2D eigenvalue weighted by atomic mass is 16.2. The number of carbonyl (C=O) groups excluding carboxylic acids is 17. The highest BCUT2D eigenvalue weighted by Crippen LogP contribution is 2.19. The summed E-state index contributed by atoms with van der Waals surface area (Å²) in [4.78, 5) is 259. The molecule has 143 heavy (non-hydrogen) atoms. The van der Waals surface area contributed by atoms with Crippen LogP contribution in [0.15, 0.2) is 0 Å². The fourth-order valence-electron chi connectivity index (χ4n) is 17.0. The highest BCUT2D eigenvalue weighted by Gasteiger charge is 2.33. The summed E-state index contributed by atoms with van der Waals surface area (Å²) in [5.41, 5.74) is 41.2. The van der Waals surface area contributed by atoms with Crippen LogP contribution in [0.4, 0.5) is 0 Å². The maximum absolute atomic E-state index is 14.4. The van der Waals surface area contributed by atoms with Crippen molar-refractivity contribution >= 4 is 100 Å². The second-order valence-corrected chi connectivity index (χ2v) is 42.4. The average Bonchev–Trinajstić information content (AvgIpc) is 0.883. The zero-order chi connectivity index (χ0) is 109. The fourth-order valence-corrected chi connectivity index (χ4v) is 17.0. The number of amides is 17. The Morgan fingerprint density at radius 1 is 0.189 bits per heavy atom. The normalized spacial score (nSPS) is 11.7. The smallest absolute Gasteiger partial charge is 0.239 e. The Morgan fingerprint density at radius 2 is 0.329 bits per heavy atom. The summed E-state index contributed by atoms with van der Waals surface area (Å²) in [6.07, 6.45) is 0.994.